The number of nitrogens with zero attached hydrogens (tertiary/aromatic N) is 2. The Morgan fingerprint density at radius 2 is 1.92 bits per heavy atom. The van der Waals surface area contributed by atoms with Crippen LogP contribution in [0.3, 0.4) is 0 Å². The Morgan fingerprint density at radius 1 is 1.23 bits per heavy atom. The third-order valence-corrected chi connectivity index (χ3v) is 6.43. The highest BCUT2D eigenvalue weighted by Gasteiger charge is 2.91. The lowest BCUT2D eigenvalue weighted by Crippen LogP contribution is -2.33. The number of rotatable bonds is 4. The van der Waals surface area contributed by atoms with Crippen LogP contribution >= 0.6 is 0 Å². The molecule has 0 aromatic heterocycles. The van der Waals surface area contributed by atoms with Crippen LogP contribution in [-0.2, 0) is 19.7 Å². The molecule has 7 nitrogen and oxygen atoms in total. The highest BCUT2D eigenvalue weighted by Crippen LogP contribution is 2.83. The maximum Gasteiger partial charge on any atom is 0.414 e. The molecule has 2 bridgehead atoms. The fraction of sp³-hybridized carbons (Fsp3) is 0.526. The van der Waals surface area contributed by atoms with Gasteiger partial charge in [0.05, 0.1) is 13.1 Å². The van der Waals surface area contributed by atoms with Crippen LogP contribution in [0.15, 0.2) is 24.3 Å². The Bertz CT molecular complexity index is 811. The predicted molar refractivity (Wildman–Crippen MR) is 92.6 cm³/mol. The van der Waals surface area contributed by atoms with E-state index in [9.17, 15) is 14.4 Å². The maximum absolute atomic E-state index is 12.1. The van der Waals surface area contributed by atoms with Gasteiger partial charge >= 0.3 is 6.09 Å². The lowest BCUT2D eigenvalue weighted by molar-refractivity contribution is -0.128. The van der Waals surface area contributed by atoms with Gasteiger partial charge in [0, 0.05) is 37.5 Å². The van der Waals surface area contributed by atoms with Gasteiger partial charge in [0.25, 0.3) is 0 Å². The van der Waals surface area contributed by atoms with Crippen molar-refractivity contribution in [3.05, 3.63) is 29.8 Å². The van der Waals surface area contributed by atoms with Gasteiger partial charge in [-0.15, -0.1) is 0 Å². The van der Waals surface area contributed by atoms with Crippen molar-refractivity contribution >= 4 is 23.6 Å². The second-order valence-electron chi connectivity index (χ2n) is 7.83. The van der Waals surface area contributed by atoms with Crippen molar-refractivity contribution in [1.82, 2.24) is 10.2 Å². The number of piperidine rings is 1. The molecule has 0 radical (unpaired) electrons. The first-order valence-corrected chi connectivity index (χ1v) is 9.04. The number of ether oxygens (including phenoxy) is 1. The Morgan fingerprint density at radius 3 is 2.50 bits per heavy atom. The third-order valence-electron chi connectivity index (χ3n) is 6.43. The van der Waals surface area contributed by atoms with Crippen molar-refractivity contribution < 1.29 is 19.1 Å². The highest BCUT2D eigenvalue weighted by molar-refractivity contribution is 5.90. The van der Waals surface area contributed by atoms with Crippen molar-refractivity contribution in [3.8, 4) is 0 Å². The number of anilines is 1. The molecule has 26 heavy (non-hydrogen) atoms. The standard InChI is InChI=1S/C19H21N3O4/c1-10(23)20-7-14-8-21(18(25)26-14)13-5-3-12(4-6-13)19-9-22(11(2)24)17-15(19)16(17)19/h3-6,14-17H,7-9H2,1-2H3,(H,20,23). The first-order valence-electron chi connectivity index (χ1n) is 9.04. The van der Waals surface area contributed by atoms with Crippen LogP contribution in [0.2, 0.25) is 0 Å². The summed E-state index contributed by atoms with van der Waals surface area (Å²) in [5, 5.41) is 2.68. The second-order valence-corrected chi connectivity index (χ2v) is 7.83. The Hall–Kier alpha value is -2.57. The first kappa shape index (κ1) is 15.7. The van der Waals surface area contributed by atoms with Crippen molar-refractivity contribution in [2.24, 2.45) is 11.8 Å². The van der Waals surface area contributed by atoms with Crippen molar-refractivity contribution in [2.45, 2.75) is 31.4 Å². The molecular weight excluding hydrogens is 334 g/mol. The van der Waals surface area contributed by atoms with Crippen LogP contribution < -0.4 is 10.2 Å². The summed E-state index contributed by atoms with van der Waals surface area (Å²) in [6.07, 6.45) is -0.718. The average molecular weight is 355 g/mol. The maximum atomic E-state index is 12.1. The molecule has 5 fully saturated rings. The SMILES string of the molecule is CC(=O)NCC1CN(c2ccc(C34CN(C(C)=O)C5C3C54)cc2)C(=O)O1. The number of carbonyl (C=O) groups excluding carboxylic acids is 3. The molecule has 1 aromatic rings. The molecule has 0 spiro atoms. The van der Waals surface area contributed by atoms with E-state index >= 15 is 0 Å². The van der Waals surface area contributed by atoms with Crippen LogP contribution in [-0.4, -0.2) is 54.6 Å². The second kappa shape index (κ2) is 4.99. The fourth-order valence-electron chi connectivity index (χ4n) is 5.12. The lowest BCUT2D eigenvalue weighted by Gasteiger charge is -2.18. The van der Waals surface area contributed by atoms with Gasteiger partial charge in [0.2, 0.25) is 11.8 Å². The minimum atomic E-state index is -0.385. The molecule has 7 heteroatoms. The summed E-state index contributed by atoms with van der Waals surface area (Å²) in [7, 11) is 0. The van der Waals surface area contributed by atoms with E-state index in [0.717, 1.165) is 12.2 Å². The van der Waals surface area contributed by atoms with Crippen LogP contribution in [0.25, 0.3) is 0 Å². The normalized spacial score (nSPS) is 35.8. The molecular formula is C19H21N3O4. The Kier molecular flexibility index (Phi) is 3.01. The van der Waals surface area contributed by atoms with Gasteiger partial charge in [0.15, 0.2) is 0 Å². The molecule has 136 valence electrons. The predicted octanol–water partition coefficient (Wildman–Crippen LogP) is 0.876. The zero-order chi connectivity index (χ0) is 18.2. The van der Waals surface area contributed by atoms with Gasteiger partial charge in [-0.2, -0.15) is 0 Å². The number of carbonyl (C=O) groups is 3. The summed E-state index contributed by atoms with van der Waals surface area (Å²) in [4.78, 5) is 38.4. The van der Waals surface area contributed by atoms with Crippen molar-refractivity contribution in [1.29, 1.82) is 0 Å². The summed E-state index contributed by atoms with van der Waals surface area (Å²) in [6, 6.07) is 8.54. The molecule has 2 aliphatic carbocycles. The van der Waals surface area contributed by atoms with E-state index in [1.54, 1.807) is 11.8 Å². The summed E-state index contributed by atoms with van der Waals surface area (Å²) >= 11 is 0. The highest BCUT2D eigenvalue weighted by atomic mass is 16.6. The number of hydrogen-bond acceptors (Lipinski definition) is 4. The molecule has 1 aromatic carbocycles. The number of fused-ring (bicyclic) bond motifs is 1. The number of cyclic esters (lactones) is 1. The van der Waals surface area contributed by atoms with E-state index in [2.05, 4.69) is 17.4 Å². The molecule has 3 atom stereocenters. The zero-order valence-electron chi connectivity index (χ0n) is 14.8. The number of hydrogen-bond donors (Lipinski definition) is 1. The fourth-order valence-corrected chi connectivity index (χ4v) is 5.12. The molecule has 1 N–H and O–H groups in total. The zero-order valence-corrected chi connectivity index (χ0v) is 14.8. The quantitative estimate of drug-likeness (QED) is 0.869. The van der Waals surface area contributed by atoms with E-state index in [1.807, 2.05) is 17.0 Å². The van der Waals surface area contributed by atoms with Crippen molar-refractivity contribution in [2.75, 3.05) is 24.5 Å². The van der Waals surface area contributed by atoms with Gasteiger partial charge in [-0.3, -0.25) is 14.5 Å². The smallest absolute Gasteiger partial charge is 0.414 e. The summed E-state index contributed by atoms with van der Waals surface area (Å²) in [5.74, 6) is 1.30. The molecule has 3 saturated heterocycles. The summed E-state index contributed by atoms with van der Waals surface area (Å²) in [6.45, 7) is 4.66. The van der Waals surface area contributed by atoms with Crippen LogP contribution in [0.4, 0.5) is 10.5 Å². The molecule has 3 unspecified atom stereocenters. The van der Waals surface area contributed by atoms with E-state index in [4.69, 9.17) is 4.74 Å². The summed E-state index contributed by atoms with van der Waals surface area (Å²) < 4.78 is 5.31. The number of nitrogens with one attached hydrogen (secondary N) is 1. The molecule has 3 amide bonds. The van der Waals surface area contributed by atoms with E-state index < -0.39 is 0 Å². The Labute approximate surface area is 151 Å². The molecule has 6 rings (SSSR count). The molecule has 2 saturated carbocycles. The Balaban J connectivity index is 1.28. The van der Waals surface area contributed by atoms with Gasteiger partial charge in [-0.25, -0.2) is 4.79 Å². The third kappa shape index (κ3) is 1.97. The van der Waals surface area contributed by atoms with Crippen molar-refractivity contribution in [3.63, 3.8) is 0 Å². The van der Waals surface area contributed by atoms with Gasteiger partial charge in [-0.05, 0) is 29.5 Å². The summed E-state index contributed by atoms with van der Waals surface area (Å²) in [5.41, 5.74) is 2.22. The molecule has 3 aliphatic heterocycles. The topological polar surface area (TPSA) is 79.0 Å². The largest absolute Gasteiger partial charge is 0.442 e. The minimum absolute atomic E-state index is 0.138. The van der Waals surface area contributed by atoms with E-state index in [-0.39, 0.29) is 29.4 Å². The first-order chi connectivity index (χ1) is 12.4. The number of amides is 3. The number of benzene rings is 1. The van der Waals surface area contributed by atoms with Gasteiger partial charge in [0.1, 0.15) is 6.10 Å². The monoisotopic (exact) mass is 355 g/mol. The van der Waals surface area contributed by atoms with Crippen LogP contribution in [0.5, 0.6) is 0 Å². The molecule has 3 heterocycles. The van der Waals surface area contributed by atoms with E-state index in [1.165, 1.54) is 12.5 Å². The van der Waals surface area contributed by atoms with Gasteiger partial charge in [-0.1, -0.05) is 12.1 Å². The van der Waals surface area contributed by atoms with E-state index in [0.29, 0.717) is 31.0 Å². The minimum Gasteiger partial charge on any atom is -0.442 e. The molecule has 5 aliphatic rings. The average Bonchev–Trinajstić information content (AvgIpc) is 3.32. The lowest BCUT2D eigenvalue weighted by atomic mass is 9.88. The van der Waals surface area contributed by atoms with Crippen LogP contribution in [0, 0.1) is 11.8 Å². The van der Waals surface area contributed by atoms with Crippen LogP contribution in [0.1, 0.15) is 19.4 Å². The van der Waals surface area contributed by atoms with Gasteiger partial charge < -0.3 is 15.0 Å².